The van der Waals surface area contributed by atoms with E-state index in [4.69, 9.17) is 0 Å². The lowest BCUT2D eigenvalue weighted by Gasteiger charge is -2.13. The zero-order valence-electron chi connectivity index (χ0n) is 11.5. The third-order valence-electron chi connectivity index (χ3n) is 3.21. The molecule has 0 amide bonds. The van der Waals surface area contributed by atoms with Crippen LogP contribution in [0.25, 0.3) is 0 Å². The minimum Gasteiger partial charge on any atom is -0.387 e. The quantitative estimate of drug-likeness (QED) is 0.790. The molecule has 0 bridgehead atoms. The van der Waals surface area contributed by atoms with Gasteiger partial charge >= 0.3 is 0 Å². The van der Waals surface area contributed by atoms with Crippen LogP contribution in [0.2, 0.25) is 0 Å². The van der Waals surface area contributed by atoms with E-state index in [0.717, 1.165) is 16.8 Å². The van der Waals surface area contributed by atoms with E-state index in [9.17, 15) is 9.90 Å². The van der Waals surface area contributed by atoms with Crippen molar-refractivity contribution >= 4 is 11.5 Å². The van der Waals surface area contributed by atoms with E-state index in [-0.39, 0.29) is 5.78 Å². The molecule has 1 unspecified atom stereocenters. The number of ketones is 1. The molecule has 0 fully saturated rings. The van der Waals surface area contributed by atoms with E-state index in [1.54, 1.807) is 0 Å². The fourth-order valence-corrected chi connectivity index (χ4v) is 1.99. The smallest absolute Gasteiger partial charge is 0.162 e. The maximum absolute atomic E-state index is 11.5. The van der Waals surface area contributed by atoms with Gasteiger partial charge in [-0.1, -0.05) is 37.3 Å². The molecule has 2 aromatic carbocycles. The molecule has 0 saturated heterocycles. The van der Waals surface area contributed by atoms with Gasteiger partial charge in [0.2, 0.25) is 0 Å². The van der Waals surface area contributed by atoms with Gasteiger partial charge in [0.05, 0.1) is 6.10 Å². The van der Waals surface area contributed by atoms with Gasteiger partial charge in [-0.15, -0.1) is 0 Å². The van der Waals surface area contributed by atoms with Crippen LogP contribution >= 0.6 is 0 Å². The summed E-state index contributed by atoms with van der Waals surface area (Å²) in [7, 11) is 0. The van der Waals surface area contributed by atoms with Crippen molar-refractivity contribution in [1.82, 2.24) is 0 Å². The Kier molecular flexibility index (Phi) is 4.91. The van der Waals surface area contributed by atoms with Gasteiger partial charge in [0, 0.05) is 24.2 Å². The van der Waals surface area contributed by atoms with Gasteiger partial charge in [-0.3, -0.25) is 4.79 Å². The van der Waals surface area contributed by atoms with Crippen LogP contribution in [0.1, 0.15) is 35.4 Å². The lowest BCUT2D eigenvalue weighted by molar-refractivity contribution is 0.0988. The van der Waals surface area contributed by atoms with Crippen molar-refractivity contribution in [2.75, 3.05) is 11.9 Å². The van der Waals surface area contributed by atoms with Crippen molar-refractivity contribution in [3.05, 3.63) is 65.7 Å². The van der Waals surface area contributed by atoms with Crippen molar-refractivity contribution < 1.29 is 9.90 Å². The molecule has 0 spiro atoms. The van der Waals surface area contributed by atoms with Crippen molar-refractivity contribution in [3.63, 3.8) is 0 Å². The van der Waals surface area contributed by atoms with Gasteiger partial charge in [0.25, 0.3) is 0 Å². The molecule has 104 valence electrons. The normalized spacial score (nSPS) is 11.9. The van der Waals surface area contributed by atoms with Crippen LogP contribution < -0.4 is 5.32 Å². The van der Waals surface area contributed by atoms with E-state index in [2.05, 4.69) is 5.32 Å². The topological polar surface area (TPSA) is 49.3 Å². The Morgan fingerprint density at radius 3 is 2.35 bits per heavy atom. The van der Waals surface area contributed by atoms with Crippen molar-refractivity contribution in [2.45, 2.75) is 19.4 Å². The summed E-state index contributed by atoms with van der Waals surface area (Å²) in [6, 6.07) is 16.9. The van der Waals surface area contributed by atoms with E-state index >= 15 is 0 Å². The Labute approximate surface area is 119 Å². The van der Waals surface area contributed by atoms with Gasteiger partial charge in [0.1, 0.15) is 0 Å². The van der Waals surface area contributed by atoms with Gasteiger partial charge in [-0.2, -0.15) is 0 Å². The van der Waals surface area contributed by atoms with Gasteiger partial charge in [0.15, 0.2) is 5.78 Å². The molecule has 2 aromatic rings. The zero-order valence-corrected chi connectivity index (χ0v) is 11.5. The summed E-state index contributed by atoms with van der Waals surface area (Å²) in [6.07, 6.45) is -0.0346. The molecule has 1 atom stereocenters. The summed E-state index contributed by atoms with van der Waals surface area (Å²) in [4.78, 5) is 11.5. The van der Waals surface area contributed by atoms with Crippen molar-refractivity contribution in [1.29, 1.82) is 0 Å². The Balaban J connectivity index is 1.93. The Morgan fingerprint density at radius 2 is 1.75 bits per heavy atom. The minimum absolute atomic E-state index is 0.140. The summed E-state index contributed by atoms with van der Waals surface area (Å²) < 4.78 is 0. The number of hydrogen-bond acceptors (Lipinski definition) is 3. The molecule has 0 radical (unpaired) electrons. The van der Waals surface area contributed by atoms with Crippen molar-refractivity contribution in [3.8, 4) is 0 Å². The number of nitrogens with one attached hydrogen (secondary N) is 1. The molecule has 20 heavy (non-hydrogen) atoms. The van der Waals surface area contributed by atoms with E-state index in [1.165, 1.54) is 0 Å². The highest BCUT2D eigenvalue weighted by atomic mass is 16.3. The summed E-state index contributed by atoms with van der Waals surface area (Å²) in [5, 5.41) is 13.2. The zero-order chi connectivity index (χ0) is 14.4. The minimum atomic E-state index is -0.548. The van der Waals surface area contributed by atoms with E-state index in [1.807, 2.05) is 61.5 Å². The number of aliphatic hydroxyl groups excluding tert-OH is 1. The Bertz CT molecular complexity index is 549. The number of carbonyl (C=O) groups is 1. The number of Topliss-reactive ketones (excluding diaryl/α,β-unsaturated/α-hetero) is 1. The number of rotatable bonds is 6. The average molecular weight is 269 g/mol. The average Bonchev–Trinajstić information content (AvgIpc) is 2.53. The summed E-state index contributed by atoms with van der Waals surface area (Å²) in [5.41, 5.74) is 2.51. The van der Waals surface area contributed by atoms with Gasteiger partial charge in [-0.05, 0) is 29.8 Å². The number of aliphatic hydroxyl groups is 1. The Morgan fingerprint density at radius 1 is 1.10 bits per heavy atom. The van der Waals surface area contributed by atoms with Crippen LogP contribution in [0.15, 0.2) is 54.6 Å². The van der Waals surface area contributed by atoms with E-state index in [0.29, 0.717) is 13.0 Å². The van der Waals surface area contributed by atoms with Crippen LogP contribution in [0, 0.1) is 0 Å². The molecule has 2 rings (SSSR count). The fourth-order valence-electron chi connectivity index (χ4n) is 1.99. The molecular weight excluding hydrogens is 250 g/mol. The first-order chi connectivity index (χ1) is 9.70. The monoisotopic (exact) mass is 269 g/mol. The molecule has 3 heteroatoms. The van der Waals surface area contributed by atoms with Crippen LogP contribution in [-0.2, 0) is 0 Å². The molecule has 2 N–H and O–H groups in total. The van der Waals surface area contributed by atoms with E-state index < -0.39 is 6.10 Å². The number of carbonyl (C=O) groups excluding carboxylic acids is 1. The first-order valence-corrected chi connectivity index (χ1v) is 6.81. The second-order valence-electron chi connectivity index (χ2n) is 4.66. The lowest BCUT2D eigenvalue weighted by Crippen LogP contribution is -2.12. The molecule has 0 heterocycles. The third kappa shape index (κ3) is 3.68. The first-order valence-electron chi connectivity index (χ1n) is 6.81. The molecule has 0 aliphatic carbocycles. The summed E-state index contributed by atoms with van der Waals surface area (Å²) in [5.74, 6) is 0.140. The highest BCUT2D eigenvalue weighted by molar-refractivity contribution is 5.96. The molecule has 0 aliphatic heterocycles. The Hall–Kier alpha value is -2.13. The predicted molar refractivity (Wildman–Crippen MR) is 81.0 cm³/mol. The van der Waals surface area contributed by atoms with Crippen LogP contribution in [-0.4, -0.2) is 17.4 Å². The highest BCUT2D eigenvalue weighted by Gasteiger charge is 2.07. The van der Waals surface area contributed by atoms with Gasteiger partial charge < -0.3 is 10.4 Å². The second kappa shape index (κ2) is 6.87. The predicted octanol–water partition coefficient (Wildman–Crippen LogP) is 3.42. The number of hydrogen-bond donors (Lipinski definition) is 2. The van der Waals surface area contributed by atoms with Crippen LogP contribution in [0.3, 0.4) is 0 Å². The summed E-state index contributed by atoms with van der Waals surface area (Å²) in [6.45, 7) is 2.29. The van der Waals surface area contributed by atoms with Crippen LogP contribution in [0.5, 0.6) is 0 Å². The fraction of sp³-hybridized carbons (Fsp3) is 0.235. The lowest BCUT2D eigenvalue weighted by atomic mass is 10.1. The number of anilines is 1. The molecule has 0 aliphatic rings. The third-order valence-corrected chi connectivity index (χ3v) is 3.21. The second-order valence-corrected chi connectivity index (χ2v) is 4.66. The molecular formula is C17H19NO2. The maximum Gasteiger partial charge on any atom is 0.162 e. The maximum atomic E-state index is 11.5. The molecule has 3 nitrogen and oxygen atoms in total. The standard InChI is InChI=1S/C17H19NO2/c1-2-16(19)14-8-10-15(11-9-14)18-12-17(20)13-6-4-3-5-7-13/h3-11,17-18,20H,2,12H2,1H3. The SMILES string of the molecule is CCC(=O)c1ccc(NCC(O)c2ccccc2)cc1. The van der Waals surface area contributed by atoms with Crippen molar-refractivity contribution in [2.24, 2.45) is 0 Å². The molecule has 0 saturated carbocycles. The summed E-state index contributed by atoms with van der Waals surface area (Å²) >= 11 is 0. The van der Waals surface area contributed by atoms with Gasteiger partial charge in [-0.25, -0.2) is 0 Å². The largest absolute Gasteiger partial charge is 0.387 e. The number of benzene rings is 2. The molecule has 0 aromatic heterocycles. The first kappa shape index (κ1) is 14.3. The highest BCUT2D eigenvalue weighted by Crippen LogP contribution is 2.15. The van der Waals surface area contributed by atoms with Crippen LogP contribution in [0.4, 0.5) is 5.69 Å².